The third-order valence-corrected chi connectivity index (χ3v) is 3.06. The van der Waals surface area contributed by atoms with Crippen molar-refractivity contribution in [2.45, 2.75) is 45.1 Å². The molecule has 0 spiro atoms. The third-order valence-electron chi connectivity index (χ3n) is 3.06. The van der Waals surface area contributed by atoms with E-state index >= 15 is 0 Å². The van der Waals surface area contributed by atoms with E-state index in [1.807, 2.05) is 12.1 Å². The maximum Gasteiger partial charge on any atom is 0.125 e. The topological polar surface area (TPSA) is 39.2 Å². The smallest absolute Gasteiger partial charge is 0.125 e. The van der Waals surface area contributed by atoms with Crippen molar-refractivity contribution in [3.63, 3.8) is 0 Å². The Balaban J connectivity index is 2.12. The number of furan rings is 1. The van der Waals surface area contributed by atoms with Crippen LogP contribution in [0.5, 0.6) is 0 Å². The lowest BCUT2D eigenvalue weighted by Gasteiger charge is -2.17. The molecule has 0 bridgehead atoms. The third kappa shape index (κ3) is 2.32. The van der Waals surface area contributed by atoms with Crippen molar-refractivity contribution >= 4 is 0 Å². The van der Waals surface area contributed by atoms with Crippen LogP contribution >= 0.6 is 0 Å². The summed E-state index contributed by atoms with van der Waals surface area (Å²) in [6.45, 7) is 2.09. The summed E-state index contributed by atoms with van der Waals surface area (Å²) >= 11 is 0. The van der Waals surface area contributed by atoms with E-state index in [0.717, 1.165) is 24.4 Å². The van der Waals surface area contributed by atoms with Gasteiger partial charge in [-0.1, -0.05) is 13.0 Å². The van der Waals surface area contributed by atoms with Crippen molar-refractivity contribution in [3.8, 4) is 0 Å². The number of aryl methyl sites for hydroxylation is 1. The number of hydrogen-bond donors (Lipinski definition) is 1. The van der Waals surface area contributed by atoms with Crippen LogP contribution in [-0.4, -0.2) is 0 Å². The summed E-state index contributed by atoms with van der Waals surface area (Å²) in [5, 5.41) is 0. The second-order valence-electron chi connectivity index (χ2n) is 4.16. The van der Waals surface area contributed by atoms with Gasteiger partial charge in [-0.3, -0.25) is 0 Å². The zero-order chi connectivity index (χ0) is 10.7. The molecule has 0 fully saturated rings. The minimum Gasteiger partial charge on any atom is -0.464 e. The zero-order valence-corrected chi connectivity index (χ0v) is 9.33. The van der Waals surface area contributed by atoms with Crippen LogP contribution in [0, 0.1) is 0 Å². The van der Waals surface area contributed by atoms with Gasteiger partial charge in [-0.05, 0) is 43.4 Å². The van der Waals surface area contributed by atoms with Gasteiger partial charge in [-0.15, -0.1) is 0 Å². The van der Waals surface area contributed by atoms with Crippen molar-refractivity contribution in [2.75, 3.05) is 0 Å². The van der Waals surface area contributed by atoms with Gasteiger partial charge >= 0.3 is 0 Å². The minimum absolute atomic E-state index is 0.0226. The van der Waals surface area contributed by atoms with Crippen molar-refractivity contribution < 1.29 is 4.42 Å². The van der Waals surface area contributed by atoms with Crippen molar-refractivity contribution in [2.24, 2.45) is 5.73 Å². The molecular formula is C13H19NO. The monoisotopic (exact) mass is 205 g/mol. The van der Waals surface area contributed by atoms with Gasteiger partial charge < -0.3 is 10.2 Å². The van der Waals surface area contributed by atoms with Crippen molar-refractivity contribution in [1.82, 2.24) is 0 Å². The van der Waals surface area contributed by atoms with Gasteiger partial charge in [0.05, 0.1) is 6.04 Å². The molecule has 0 saturated heterocycles. The Kier molecular flexibility index (Phi) is 3.27. The van der Waals surface area contributed by atoms with E-state index in [9.17, 15) is 0 Å². The first-order chi connectivity index (χ1) is 7.31. The molecule has 0 aromatic carbocycles. The number of allylic oxidation sites excluding steroid dienone is 1. The molecule has 1 unspecified atom stereocenters. The first-order valence-corrected chi connectivity index (χ1v) is 5.84. The molecule has 0 saturated carbocycles. The highest BCUT2D eigenvalue weighted by Gasteiger charge is 2.16. The largest absolute Gasteiger partial charge is 0.464 e. The lowest BCUT2D eigenvalue weighted by Crippen LogP contribution is -2.14. The number of rotatable bonds is 3. The molecule has 2 rings (SSSR count). The fourth-order valence-electron chi connectivity index (χ4n) is 2.08. The second kappa shape index (κ2) is 4.67. The molecule has 0 radical (unpaired) electrons. The maximum atomic E-state index is 6.18. The molecule has 2 N–H and O–H groups in total. The summed E-state index contributed by atoms with van der Waals surface area (Å²) < 4.78 is 5.68. The van der Waals surface area contributed by atoms with E-state index in [2.05, 4.69) is 13.0 Å². The standard InChI is InChI=1S/C13H19NO/c1-2-11-8-9-12(15-11)13(14)10-6-4-3-5-7-10/h6,8-9,13H,2-5,7,14H2,1H3. The Hall–Kier alpha value is -1.02. The molecule has 1 aromatic rings. The maximum absolute atomic E-state index is 6.18. The van der Waals surface area contributed by atoms with Crippen LogP contribution in [0.25, 0.3) is 0 Å². The highest BCUT2D eigenvalue weighted by molar-refractivity contribution is 5.22. The molecule has 1 aliphatic rings. The summed E-state index contributed by atoms with van der Waals surface area (Å²) in [5.74, 6) is 1.94. The highest BCUT2D eigenvalue weighted by atomic mass is 16.3. The molecule has 0 aliphatic heterocycles. The van der Waals surface area contributed by atoms with Crippen LogP contribution in [0.2, 0.25) is 0 Å². The van der Waals surface area contributed by atoms with Gasteiger partial charge in [0.15, 0.2) is 0 Å². The molecule has 2 heteroatoms. The van der Waals surface area contributed by atoms with Gasteiger partial charge in [0.1, 0.15) is 11.5 Å². The van der Waals surface area contributed by atoms with Crippen LogP contribution in [0.3, 0.4) is 0 Å². The average Bonchev–Trinajstić information content (AvgIpc) is 2.78. The second-order valence-corrected chi connectivity index (χ2v) is 4.16. The van der Waals surface area contributed by atoms with Crippen molar-refractivity contribution in [3.05, 3.63) is 35.3 Å². The predicted molar refractivity (Wildman–Crippen MR) is 61.6 cm³/mol. The Morgan fingerprint density at radius 2 is 2.27 bits per heavy atom. The normalized spacial score (nSPS) is 18.7. The van der Waals surface area contributed by atoms with E-state index in [4.69, 9.17) is 10.2 Å². The van der Waals surface area contributed by atoms with Crippen LogP contribution < -0.4 is 5.73 Å². The van der Waals surface area contributed by atoms with E-state index < -0.39 is 0 Å². The Morgan fingerprint density at radius 3 is 2.87 bits per heavy atom. The lowest BCUT2D eigenvalue weighted by molar-refractivity contribution is 0.445. The van der Waals surface area contributed by atoms with Crippen LogP contribution in [0.4, 0.5) is 0 Å². The molecular weight excluding hydrogens is 186 g/mol. The quantitative estimate of drug-likeness (QED) is 0.769. The summed E-state index contributed by atoms with van der Waals surface area (Å²) in [4.78, 5) is 0. The van der Waals surface area contributed by atoms with Crippen LogP contribution in [-0.2, 0) is 6.42 Å². The molecule has 15 heavy (non-hydrogen) atoms. The van der Waals surface area contributed by atoms with Crippen molar-refractivity contribution in [1.29, 1.82) is 0 Å². The number of hydrogen-bond acceptors (Lipinski definition) is 2. The fraction of sp³-hybridized carbons (Fsp3) is 0.538. The van der Waals surface area contributed by atoms with Crippen LogP contribution in [0.1, 0.15) is 50.2 Å². The Bertz CT molecular complexity index is 351. The lowest BCUT2D eigenvalue weighted by atomic mass is 9.93. The zero-order valence-electron chi connectivity index (χ0n) is 9.33. The molecule has 1 aromatic heterocycles. The summed E-state index contributed by atoms with van der Waals surface area (Å²) in [6.07, 6.45) is 8.08. The number of nitrogens with two attached hydrogens (primary N) is 1. The van der Waals surface area contributed by atoms with E-state index in [0.29, 0.717) is 0 Å². The Labute approximate surface area is 91.2 Å². The SMILES string of the molecule is CCc1ccc(C(N)C2=CCCCC2)o1. The van der Waals surface area contributed by atoms with E-state index in [-0.39, 0.29) is 6.04 Å². The first kappa shape index (κ1) is 10.5. The molecule has 2 nitrogen and oxygen atoms in total. The molecule has 1 atom stereocenters. The van der Waals surface area contributed by atoms with Crippen LogP contribution in [0.15, 0.2) is 28.2 Å². The molecule has 1 heterocycles. The summed E-state index contributed by atoms with van der Waals surface area (Å²) in [5.41, 5.74) is 7.52. The molecule has 82 valence electrons. The van der Waals surface area contributed by atoms with Gasteiger partial charge in [-0.25, -0.2) is 0 Å². The minimum atomic E-state index is -0.0226. The van der Waals surface area contributed by atoms with E-state index in [1.165, 1.54) is 24.8 Å². The molecule has 0 amide bonds. The summed E-state index contributed by atoms with van der Waals surface area (Å²) in [7, 11) is 0. The highest BCUT2D eigenvalue weighted by Crippen LogP contribution is 2.28. The molecule has 1 aliphatic carbocycles. The van der Waals surface area contributed by atoms with Gasteiger partial charge in [0, 0.05) is 6.42 Å². The Morgan fingerprint density at radius 1 is 1.40 bits per heavy atom. The fourth-order valence-corrected chi connectivity index (χ4v) is 2.08. The van der Waals surface area contributed by atoms with Gasteiger partial charge in [0.25, 0.3) is 0 Å². The first-order valence-electron chi connectivity index (χ1n) is 5.84. The summed E-state index contributed by atoms with van der Waals surface area (Å²) in [6, 6.07) is 4.02. The van der Waals surface area contributed by atoms with Gasteiger partial charge in [0.2, 0.25) is 0 Å². The van der Waals surface area contributed by atoms with Gasteiger partial charge in [-0.2, -0.15) is 0 Å². The predicted octanol–water partition coefficient (Wildman–Crippen LogP) is 3.34. The average molecular weight is 205 g/mol. The van der Waals surface area contributed by atoms with E-state index in [1.54, 1.807) is 0 Å².